The van der Waals surface area contributed by atoms with Crippen molar-refractivity contribution in [1.29, 1.82) is 0 Å². The van der Waals surface area contributed by atoms with Gasteiger partial charge in [-0.25, -0.2) is 4.79 Å². The molecule has 0 amide bonds. The summed E-state index contributed by atoms with van der Waals surface area (Å²) in [5, 5.41) is 8.33. The van der Waals surface area contributed by atoms with E-state index in [1.54, 1.807) is 6.92 Å². The molecule has 0 saturated carbocycles. The molecule has 0 bridgehead atoms. The Hall–Kier alpha value is -0.900. The maximum Gasteiger partial charge on any atom is 0.328 e. The lowest BCUT2D eigenvalue weighted by molar-refractivity contribution is -0.131. The van der Waals surface area contributed by atoms with Gasteiger partial charge in [-0.2, -0.15) is 0 Å². The molecular formula is C6H8O3S. The van der Waals surface area contributed by atoms with E-state index in [1.807, 2.05) is 0 Å². The number of hydrogen-bond acceptors (Lipinski definition) is 3. The second-order valence-electron chi connectivity index (χ2n) is 1.42. The molecule has 0 aliphatic heterocycles. The van der Waals surface area contributed by atoms with Gasteiger partial charge in [0.05, 0.1) is 6.61 Å². The summed E-state index contributed by atoms with van der Waals surface area (Å²) in [6, 6.07) is 0. The number of carbonyl (C=O) groups is 1. The first-order chi connectivity index (χ1) is 4.66. The number of carboxylic acids is 1. The average molecular weight is 160 g/mol. The smallest absolute Gasteiger partial charge is 0.328 e. The van der Waals surface area contributed by atoms with Gasteiger partial charge in [0.1, 0.15) is 0 Å². The maximum atomic E-state index is 9.91. The van der Waals surface area contributed by atoms with Gasteiger partial charge in [-0.15, -0.1) is 0 Å². The Morgan fingerprint density at radius 3 is 2.70 bits per heavy atom. The number of carboxylic acid groups (broad SMARTS) is 1. The van der Waals surface area contributed by atoms with Crippen LogP contribution in [0.25, 0.3) is 0 Å². The molecule has 0 aromatic heterocycles. The van der Waals surface area contributed by atoms with Crippen LogP contribution in [0.1, 0.15) is 6.92 Å². The highest BCUT2D eigenvalue weighted by Gasteiger charge is 1.89. The number of ether oxygens (including phenoxy) is 1. The van der Waals surface area contributed by atoms with Crippen molar-refractivity contribution in [2.24, 2.45) is 0 Å². The zero-order valence-corrected chi connectivity index (χ0v) is 6.35. The van der Waals surface area contributed by atoms with Crippen LogP contribution >= 0.6 is 12.2 Å². The van der Waals surface area contributed by atoms with Crippen LogP contribution in [0.15, 0.2) is 12.2 Å². The van der Waals surface area contributed by atoms with Crippen molar-refractivity contribution in [2.75, 3.05) is 6.61 Å². The molecule has 0 radical (unpaired) electrons. The molecule has 0 aromatic rings. The van der Waals surface area contributed by atoms with E-state index in [0.717, 1.165) is 6.08 Å². The molecule has 0 fully saturated rings. The fraction of sp³-hybridized carbons (Fsp3) is 0.333. The van der Waals surface area contributed by atoms with Gasteiger partial charge in [0.15, 0.2) is 5.05 Å². The average Bonchev–Trinajstić information content (AvgIpc) is 1.85. The quantitative estimate of drug-likeness (QED) is 0.494. The Kier molecular flexibility index (Phi) is 4.49. The van der Waals surface area contributed by atoms with Gasteiger partial charge in [0.25, 0.3) is 0 Å². The van der Waals surface area contributed by atoms with Crippen molar-refractivity contribution in [3.05, 3.63) is 12.2 Å². The summed E-state index contributed by atoms with van der Waals surface area (Å²) in [5.74, 6) is -1.03. The fourth-order valence-electron chi connectivity index (χ4n) is 0.330. The van der Waals surface area contributed by atoms with E-state index in [0.29, 0.717) is 6.61 Å². The topological polar surface area (TPSA) is 46.5 Å². The van der Waals surface area contributed by atoms with Crippen molar-refractivity contribution in [1.82, 2.24) is 0 Å². The molecule has 0 rings (SSSR count). The van der Waals surface area contributed by atoms with Gasteiger partial charge >= 0.3 is 5.97 Å². The first-order valence-corrected chi connectivity index (χ1v) is 3.15. The molecule has 56 valence electrons. The van der Waals surface area contributed by atoms with Crippen LogP contribution in [-0.4, -0.2) is 22.7 Å². The standard InChI is InChI=1S/C6H8O3S/c1-2-9-6(10)4-3-5(7)8/h3-4H,2H2,1H3,(H,7,8)/b4-3+. The van der Waals surface area contributed by atoms with E-state index < -0.39 is 5.97 Å². The van der Waals surface area contributed by atoms with E-state index in [2.05, 4.69) is 12.2 Å². The Morgan fingerprint density at radius 2 is 2.30 bits per heavy atom. The molecule has 10 heavy (non-hydrogen) atoms. The van der Waals surface area contributed by atoms with Crippen molar-refractivity contribution in [3.63, 3.8) is 0 Å². The van der Waals surface area contributed by atoms with E-state index in [1.165, 1.54) is 6.08 Å². The van der Waals surface area contributed by atoms with Crippen LogP contribution in [-0.2, 0) is 9.53 Å². The summed E-state index contributed by atoms with van der Waals surface area (Å²) in [6.45, 7) is 2.24. The van der Waals surface area contributed by atoms with Gasteiger partial charge in [-0.1, -0.05) is 0 Å². The minimum absolute atomic E-state index is 0.199. The summed E-state index contributed by atoms with van der Waals surface area (Å²) in [5.41, 5.74) is 0. The highest BCUT2D eigenvalue weighted by Crippen LogP contribution is 1.84. The van der Waals surface area contributed by atoms with Crippen molar-refractivity contribution in [3.8, 4) is 0 Å². The summed E-state index contributed by atoms with van der Waals surface area (Å²) < 4.78 is 4.77. The monoisotopic (exact) mass is 160 g/mol. The molecule has 0 spiro atoms. The minimum atomic E-state index is -1.03. The predicted octanol–water partition coefficient (Wildman–Crippen LogP) is 0.991. The predicted molar refractivity (Wildman–Crippen MR) is 41.0 cm³/mol. The zero-order chi connectivity index (χ0) is 7.98. The second-order valence-corrected chi connectivity index (χ2v) is 1.83. The van der Waals surface area contributed by atoms with Gasteiger partial charge < -0.3 is 9.84 Å². The molecule has 0 saturated heterocycles. The van der Waals surface area contributed by atoms with Crippen LogP contribution < -0.4 is 0 Å². The molecule has 1 N–H and O–H groups in total. The third-order valence-corrected chi connectivity index (χ3v) is 0.903. The number of thiocarbonyl (C=S) groups is 1. The third-order valence-electron chi connectivity index (χ3n) is 0.649. The Balaban J connectivity index is 3.67. The lowest BCUT2D eigenvalue weighted by Crippen LogP contribution is -1.97. The third kappa shape index (κ3) is 5.24. The van der Waals surface area contributed by atoms with Crippen LogP contribution in [0.2, 0.25) is 0 Å². The van der Waals surface area contributed by atoms with Crippen molar-refractivity contribution < 1.29 is 14.6 Å². The van der Waals surface area contributed by atoms with Crippen molar-refractivity contribution in [2.45, 2.75) is 6.92 Å². The van der Waals surface area contributed by atoms with Crippen LogP contribution in [0.5, 0.6) is 0 Å². The van der Waals surface area contributed by atoms with Crippen LogP contribution in [0.3, 0.4) is 0 Å². The fourth-order valence-corrected chi connectivity index (χ4v) is 0.516. The summed E-state index contributed by atoms with van der Waals surface area (Å²) in [4.78, 5) is 9.91. The molecule has 0 atom stereocenters. The summed E-state index contributed by atoms with van der Waals surface area (Å²) in [6.07, 6.45) is 2.18. The Morgan fingerprint density at radius 1 is 1.70 bits per heavy atom. The minimum Gasteiger partial charge on any atom is -0.484 e. The van der Waals surface area contributed by atoms with E-state index in [4.69, 9.17) is 9.84 Å². The summed E-state index contributed by atoms with van der Waals surface area (Å²) in [7, 11) is 0. The molecule has 0 aromatic carbocycles. The maximum absolute atomic E-state index is 9.91. The summed E-state index contributed by atoms with van der Waals surface area (Å²) >= 11 is 4.60. The molecule has 0 aliphatic rings. The molecule has 4 heteroatoms. The highest BCUT2D eigenvalue weighted by molar-refractivity contribution is 7.80. The van der Waals surface area contributed by atoms with E-state index in [-0.39, 0.29) is 5.05 Å². The van der Waals surface area contributed by atoms with Gasteiger partial charge in [-0.3, -0.25) is 0 Å². The second kappa shape index (κ2) is 4.93. The van der Waals surface area contributed by atoms with Gasteiger partial charge in [0.2, 0.25) is 0 Å². The lowest BCUT2D eigenvalue weighted by Gasteiger charge is -1.95. The van der Waals surface area contributed by atoms with Gasteiger partial charge in [-0.05, 0) is 25.2 Å². The lowest BCUT2D eigenvalue weighted by atomic mass is 10.5. The molecule has 0 aliphatic carbocycles. The number of hydrogen-bond donors (Lipinski definition) is 1. The van der Waals surface area contributed by atoms with Gasteiger partial charge in [0, 0.05) is 6.08 Å². The van der Waals surface area contributed by atoms with Crippen LogP contribution in [0, 0.1) is 0 Å². The van der Waals surface area contributed by atoms with E-state index >= 15 is 0 Å². The Labute approximate surface area is 64.3 Å². The zero-order valence-electron chi connectivity index (χ0n) is 5.53. The largest absolute Gasteiger partial charge is 0.484 e. The van der Waals surface area contributed by atoms with E-state index in [9.17, 15) is 4.79 Å². The molecule has 0 heterocycles. The normalized spacial score (nSPS) is 9.70. The van der Waals surface area contributed by atoms with Crippen molar-refractivity contribution >= 4 is 23.2 Å². The Bertz CT molecular complexity index is 162. The van der Waals surface area contributed by atoms with Crippen LogP contribution in [0.4, 0.5) is 0 Å². The highest BCUT2D eigenvalue weighted by atomic mass is 32.1. The first kappa shape index (κ1) is 9.10. The SMILES string of the molecule is CCOC(=S)/C=C/C(=O)O. The number of rotatable bonds is 3. The molecule has 0 unspecified atom stereocenters. The first-order valence-electron chi connectivity index (χ1n) is 2.74. The molecule has 3 nitrogen and oxygen atoms in total. The molecular weight excluding hydrogens is 152 g/mol. The number of aliphatic carboxylic acids is 1.